The summed E-state index contributed by atoms with van der Waals surface area (Å²) in [4.78, 5) is 12.4. The molecule has 0 aliphatic heterocycles. The standard InChI is InChI=1S/C18H25ClN4OS/c1-6-18(4,5)20-16(24)12(3)25-17-22-21-15(23(17)7-2)13-8-10-14(19)11-9-13/h8-12H,6-7H2,1-5H3,(H,20,24). The van der Waals surface area contributed by atoms with Crippen LogP contribution in [0.5, 0.6) is 0 Å². The van der Waals surface area contributed by atoms with Gasteiger partial charge in [-0.05, 0) is 58.4 Å². The van der Waals surface area contributed by atoms with E-state index in [-0.39, 0.29) is 16.7 Å². The number of carbonyl (C=O) groups excluding carboxylic acids is 1. The minimum atomic E-state index is -0.251. The molecule has 0 saturated carbocycles. The number of nitrogens with zero attached hydrogens (tertiary/aromatic N) is 3. The van der Waals surface area contributed by atoms with Crippen LogP contribution in [0.25, 0.3) is 11.4 Å². The highest BCUT2D eigenvalue weighted by atomic mass is 35.5. The Labute approximate surface area is 158 Å². The summed E-state index contributed by atoms with van der Waals surface area (Å²) >= 11 is 7.38. The molecule has 7 heteroatoms. The third kappa shape index (κ3) is 4.98. The molecular weight excluding hydrogens is 356 g/mol. The Bertz CT molecular complexity index is 727. The second kappa shape index (κ2) is 8.23. The molecule has 136 valence electrons. The van der Waals surface area contributed by atoms with Crippen molar-refractivity contribution in [3.63, 3.8) is 0 Å². The van der Waals surface area contributed by atoms with Gasteiger partial charge in [0.2, 0.25) is 5.91 Å². The molecule has 1 heterocycles. The number of halogens is 1. The van der Waals surface area contributed by atoms with Crippen LogP contribution in [0, 0.1) is 0 Å². The van der Waals surface area contributed by atoms with E-state index in [9.17, 15) is 4.79 Å². The molecule has 1 aromatic carbocycles. The zero-order chi connectivity index (χ0) is 18.6. The monoisotopic (exact) mass is 380 g/mol. The van der Waals surface area contributed by atoms with Crippen molar-refractivity contribution in [2.75, 3.05) is 0 Å². The van der Waals surface area contributed by atoms with Crippen LogP contribution in [0.1, 0.15) is 41.0 Å². The van der Waals surface area contributed by atoms with Gasteiger partial charge < -0.3 is 9.88 Å². The Balaban J connectivity index is 2.17. The van der Waals surface area contributed by atoms with Gasteiger partial charge >= 0.3 is 0 Å². The summed E-state index contributed by atoms with van der Waals surface area (Å²) in [6.07, 6.45) is 0.877. The molecule has 0 aliphatic carbocycles. The van der Waals surface area contributed by atoms with Crippen molar-refractivity contribution in [3.8, 4) is 11.4 Å². The molecule has 0 bridgehead atoms. The fourth-order valence-electron chi connectivity index (χ4n) is 2.21. The van der Waals surface area contributed by atoms with Gasteiger partial charge in [0.1, 0.15) is 0 Å². The summed E-state index contributed by atoms with van der Waals surface area (Å²) in [7, 11) is 0. The first-order valence-corrected chi connectivity index (χ1v) is 9.71. The minimum absolute atomic E-state index is 0.00976. The fourth-order valence-corrected chi connectivity index (χ4v) is 3.25. The Morgan fingerprint density at radius 1 is 1.28 bits per heavy atom. The highest BCUT2D eigenvalue weighted by Gasteiger charge is 2.24. The Morgan fingerprint density at radius 3 is 2.48 bits per heavy atom. The third-order valence-electron chi connectivity index (χ3n) is 4.13. The molecule has 0 radical (unpaired) electrons. The lowest BCUT2D eigenvalue weighted by atomic mass is 10.0. The topological polar surface area (TPSA) is 59.8 Å². The normalized spacial score (nSPS) is 12.9. The molecule has 0 saturated heterocycles. The van der Waals surface area contributed by atoms with Crippen LogP contribution in [0.15, 0.2) is 29.4 Å². The number of thioether (sulfide) groups is 1. The summed E-state index contributed by atoms with van der Waals surface area (Å²) in [6.45, 7) is 10.8. The second-order valence-corrected chi connectivity index (χ2v) is 8.29. The first-order chi connectivity index (χ1) is 11.8. The number of aromatic nitrogens is 3. The zero-order valence-corrected chi connectivity index (χ0v) is 16.9. The SMILES string of the molecule is CCn1c(SC(C)C(=O)NC(C)(C)CC)nnc1-c1ccc(Cl)cc1. The number of nitrogens with one attached hydrogen (secondary N) is 1. The first kappa shape index (κ1) is 19.8. The van der Waals surface area contributed by atoms with Gasteiger partial charge in [0.15, 0.2) is 11.0 Å². The van der Waals surface area contributed by atoms with Crippen LogP contribution in [0.4, 0.5) is 0 Å². The summed E-state index contributed by atoms with van der Waals surface area (Å²) in [5.41, 5.74) is 0.744. The summed E-state index contributed by atoms with van der Waals surface area (Å²) in [5.74, 6) is 0.790. The van der Waals surface area contributed by atoms with Gasteiger partial charge in [-0.1, -0.05) is 30.3 Å². The molecule has 1 N–H and O–H groups in total. The van der Waals surface area contributed by atoms with E-state index in [0.29, 0.717) is 5.02 Å². The van der Waals surface area contributed by atoms with Gasteiger partial charge in [-0.3, -0.25) is 4.79 Å². The van der Waals surface area contributed by atoms with Gasteiger partial charge in [-0.25, -0.2) is 0 Å². The van der Waals surface area contributed by atoms with E-state index in [4.69, 9.17) is 11.6 Å². The summed E-state index contributed by atoms with van der Waals surface area (Å²) in [5, 5.41) is 12.8. The third-order valence-corrected chi connectivity index (χ3v) is 5.46. The van der Waals surface area contributed by atoms with Crippen molar-refractivity contribution in [3.05, 3.63) is 29.3 Å². The fraction of sp³-hybridized carbons (Fsp3) is 0.500. The molecule has 2 aromatic rings. The Morgan fingerprint density at radius 2 is 1.92 bits per heavy atom. The maximum absolute atomic E-state index is 12.4. The maximum Gasteiger partial charge on any atom is 0.233 e. The van der Waals surface area contributed by atoms with Crippen molar-refractivity contribution in [2.45, 2.75) is 63.5 Å². The van der Waals surface area contributed by atoms with Crippen molar-refractivity contribution in [2.24, 2.45) is 0 Å². The number of hydrogen-bond acceptors (Lipinski definition) is 4. The Kier molecular flexibility index (Phi) is 6.52. The van der Waals surface area contributed by atoms with Gasteiger partial charge in [-0.2, -0.15) is 0 Å². The average Bonchev–Trinajstić information content (AvgIpc) is 2.97. The quantitative estimate of drug-likeness (QED) is 0.723. The summed E-state index contributed by atoms with van der Waals surface area (Å²) in [6, 6.07) is 7.52. The first-order valence-electron chi connectivity index (χ1n) is 8.45. The van der Waals surface area contributed by atoms with E-state index in [2.05, 4.69) is 22.4 Å². The second-order valence-electron chi connectivity index (χ2n) is 6.54. The predicted octanol–water partition coefficient (Wildman–Crippen LogP) is 4.40. The molecule has 1 unspecified atom stereocenters. The molecule has 25 heavy (non-hydrogen) atoms. The van der Waals surface area contributed by atoms with Gasteiger partial charge in [0.25, 0.3) is 0 Å². The lowest BCUT2D eigenvalue weighted by Crippen LogP contribution is -2.46. The van der Waals surface area contributed by atoms with Crippen LogP contribution in [0.2, 0.25) is 5.02 Å². The van der Waals surface area contributed by atoms with Crippen molar-refractivity contribution >= 4 is 29.3 Å². The van der Waals surface area contributed by atoms with E-state index in [1.807, 2.05) is 56.5 Å². The lowest BCUT2D eigenvalue weighted by molar-refractivity contribution is -0.121. The van der Waals surface area contributed by atoms with Crippen LogP contribution in [0.3, 0.4) is 0 Å². The van der Waals surface area contributed by atoms with E-state index < -0.39 is 0 Å². The number of amides is 1. The van der Waals surface area contributed by atoms with Crippen LogP contribution in [-0.2, 0) is 11.3 Å². The molecule has 1 amide bonds. The zero-order valence-electron chi connectivity index (χ0n) is 15.3. The lowest BCUT2D eigenvalue weighted by Gasteiger charge is -2.26. The van der Waals surface area contributed by atoms with Crippen LogP contribution >= 0.6 is 23.4 Å². The molecule has 0 fully saturated rings. The number of carbonyl (C=O) groups is 1. The van der Waals surface area contributed by atoms with Crippen molar-refractivity contribution < 1.29 is 4.79 Å². The molecule has 5 nitrogen and oxygen atoms in total. The van der Waals surface area contributed by atoms with Gasteiger partial charge in [0, 0.05) is 22.7 Å². The number of rotatable bonds is 7. The van der Waals surface area contributed by atoms with E-state index >= 15 is 0 Å². The number of benzene rings is 1. The average molecular weight is 381 g/mol. The molecular formula is C18H25ClN4OS. The van der Waals surface area contributed by atoms with E-state index in [1.54, 1.807) is 0 Å². The largest absolute Gasteiger partial charge is 0.350 e. The van der Waals surface area contributed by atoms with Gasteiger partial charge in [-0.15, -0.1) is 10.2 Å². The highest BCUT2D eigenvalue weighted by molar-refractivity contribution is 8.00. The smallest absolute Gasteiger partial charge is 0.233 e. The molecule has 0 aliphatic rings. The Hall–Kier alpha value is -1.53. The maximum atomic E-state index is 12.4. The van der Waals surface area contributed by atoms with Gasteiger partial charge in [0.05, 0.1) is 5.25 Å². The van der Waals surface area contributed by atoms with E-state index in [1.165, 1.54) is 11.8 Å². The minimum Gasteiger partial charge on any atom is -0.350 e. The highest BCUT2D eigenvalue weighted by Crippen LogP contribution is 2.27. The summed E-state index contributed by atoms with van der Waals surface area (Å²) < 4.78 is 2.02. The van der Waals surface area contributed by atoms with Crippen LogP contribution in [-0.4, -0.2) is 31.5 Å². The molecule has 0 spiro atoms. The number of hydrogen-bond donors (Lipinski definition) is 1. The molecule has 1 aromatic heterocycles. The van der Waals surface area contributed by atoms with Crippen molar-refractivity contribution in [1.82, 2.24) is 20.1 Å². The predicted molar refractivity (Wildman–Crippen MR) is 104 cm³/mol. The van der Waals surface area contributed by atoms with Crippen molar-refractivity contribution in [1.29, 1.82) is 0 Å². The molecule has 1 atom stereocenters. The van der Waals surface area contributed by atoms with Crippen LogP contribution < -0.4 is 5.32 Å². The molecule has 2 rings (SSSR count). The van der Waals surface area contributed by atoms with E-state index in [0.717, 1.165) is 29.5 Å².